The fourth-order valence-corrected chi connectivity index (χ4v) is 4.17. The van der Waals surface area contributed by atoms with E-state index in [9.17, 15) is 14.3 Å². The molecule has 7 heteroatoms. The normalized spacial score (nSPS) is 17.4. The standard InChI is InChI=1S/C23H24FN3O3/c24-17-10-16-15(14-6-8-25-9-7-14)11-18(26-22(16)27-23(17)29)21-19(28)2-1-3-20(21)30-12-13-4-5-13/h1-3,10-11,13-14,25,28H,4-9,12H2,(H,26,27,29). The van der Waals surface area contributed by atoms with Crippen LogP contribution in [0.25, 0.3) is 22.3 Å². The van der Waals surface area contributed by atoms with Crippen LogP contribution < -0.4 is 15.6 Å². The minimum absolute atomic E-state index is 0.0656. The van der Waals surface area contributed by atoms with E-state index in [-0.39, 0.29) is 11.7 Å². The first-order valence-corrected chi connectivity index (χ1v) is 10.5. The molecule has 30 heavy (non-hydrogen) atoms. The van der Waals surface area contributed by atoms with Gasteiger partial charge in [-0.05, 0) is 80.4 Å². The van der Waals surface area contributed by atoms with Gasteiger partial charge in [0.25, 0.3) is 5.56 Å². The second-order valence-electron chi connectivity index (χ2n) is 8.23. The van der Waals surface area contributed by atoms with Crippen LogP contribution in [0.15, 0.2) is 35.1 Å². The number of rotatable bonds is 5. The first-order chi connectivity index (χ1) is 14.6. The lowest BCUT2D eigenvalue weighted by molar-refractivity contribution is 0.299. The maximum atomic E-state index is 14.1. The number of piperidine rings is 1. The lowest BCUT2D eigenvalue weighted by atomic mass is 9.87. The Kier molecular flexibility index (Phi) is 4.90. The molecule has 2 fully saturated rings. The molecule has 2 aliphatic rings. The minimum atomic E-state index is -0.816. The van der Waals surface area contributed by atoms with E-state index in [4.69, 9.17) is 4.74 Å². The summed E-state index contributed by atoms with van der Waals surface area (Å²) in [7, 11) is 0. The lowest BCUT2D eigenvalue weighted by Gasteiger charge is -2.25. The van der Waals surface area contributed by atoms with Gasteiger partial charge < -0.3 is 20.1 Å². The van der Waals surface area contributed by atoms with E-state index in [1.165, 1.54) is 6.07 Å². The van der Waals surface area contributed by atoms with Crippen LogP contribution in [0.4, 0.5) is 4.39 Å². The molecule has 1 aliphatic carbocycles. The summed E-state index contributed by atoms with van der Waals surface area (Å²) in [4.78, 5) is 19.1. The third kappa shape index (κ3) is 3.65. The summed E-state index contributed by atoms with van der Waals surface area (Å²) in [5, 5.41) is 14.6. The van der Waals surface area contributed by atoms with E-state index in [0.717, 1.165) is 44.3 Å². The summed E-state index contributed by atoms with van der Waals surface area (Å²) in [5.41, 5.74) is 1.47. The third-order valence-corrected chi connectivity index (χ3v) is 6.02. The molecule has 1 aromatic carbocycles. The number of aromatic nitrogens is 2. The number of phenols is 1. The van der Waals surface area contributed by atoms with Gasteiger partial charge >= 0.3 is 0 Å². The highest BCUT2D eigenvalue weighted by Gasteiger charge is 2.25. The molecular formula is C23H24FN3O3. The number of benzene rings is 1. The molecule has 0 spiro atoms. The Bertz CT molecular complexity index is 1150. The van der Waals surface area contributed by atoms with Gasteiger partial charge in [-0.25, -0.2) is 9.37 Å². The van der Waals surface area contributed by atoms with Gasteiger partial charge in [-0.15, -0.1) is 0 Å². The molecule has 0 radical (unpaired) electrons. The van der Waals surface area contributed by atoms with Gasteiger partial charge in [0.1, 0.15) is 17.1 Å². The average Bonchev–Trinajstić information content (AvgIpc) is 3.58. The third-order valence-electron chi connectivity index (χ3n) is 6.02. The van der Waals surface area contributed by atoms with E-state index in [1.54, 1.807) is 12.1 Å². The number of H-pyrrole nitrogens is 1. The number of aromatic amines is 1. The van der Waals surface area contributed by atoms with Gasteiger partial charge in [0, 0.05) is 5.39 Å². The van der Waals surface area contributed by atoms with Crippen LogP contribution in [0.3, 0.4) is 0 Å². The van der Waals surface area contributed by atoms with E-state index in [0.29, 0.717) is 40.6 Å². The van der Waals surface area contributed by atoms with Crippen molar-refractivity contribution in [2.45, 2.75) is 31.6 Å². The average molecular weight is 409 g/mol. The zero-order valence-electron chi connectivity index (χ0n) is 16.6. The first kappa shape index (κ1) is 19.1. The molecule has 0 atom stereocenters. The second kappa shape index (κ2) is 7.72. The molecular weight excluding hydrogens is 385 g/mol. The van der Waals surface area contributed by atoms with Crippen molar-refractivity contribution in [2.75, 3.05) is 19.7 Å². The summed E-state index contributed by atoms with van der Waals surface area (Å²) < 4.78 is 20.1. The molecule has 3 aromatic rings. The van der Waals surface area contributed by atoms with Crippen molar-refractivity contribution >= 4 is 11.0 Å². The summed E-state index contributed by atoms with van der Waals surface area (Å²) in [6, 6.07) is 8.35. The van der Waals surface area contributed by atoms with E-state index < -0.39 is 11.4 Å². The van der Waals surface area contributed by atoms with Crippen LogP contribution >= 0.6 is 0 Å². The highest BCUT2D eigenvalue weighted by Crippen LogP contribution is 2.41. The van der Waals surface area contributed by atoms with Crippen LogP contribution in [0, 0.1) is 11.7 Å². The molecule has 6 nitrogen and oxygen atoms in total. The SMILES string of the molecule is O=c1[nH]c2nc(-c3c(O)cccc3OCC3CC3)cc(C3CCNCC3)c2cc1F. The first-order valence-electron chi connectivity index (χ1n) is 10.5. The number of hydrogen-bond donors (Lipinski definition) is 3. The van der Waals surface area contributed by atoms with Crippen molar-refractivity contribution < 1.29 is 14.2 Å². The number of fused-ring (bicyclic) bond motifs is 1. The Morgan fingerprint density at radius 1 is 1.17 bits per heavy atom. The number of halogens is 1. The molecule has 0 bridgehead atoms. The number of aromatic hydroxyl groups is 1. The Balaban J connectivity index is 1.68. The quantitative estimate of drug-likeness (QED) is 0.598. The number of ether oxygens (including phenoxy) is 1. The minimum Gasteiger partial charge on any atom is -0.507 e. The largest absolute Gasteiger partial charge is 0.507 e. The van der Waals surface area contributed by atoms with Crippen molar-refractivity contribution in [3.05, 3.63) is 52.1 Å². The molecule has 1 saturated carbocycles. The van der Waals surface area contributed by atoms with Crippen LogP contribution in [0.2, 0.25) is 0 Å². The molecule has 2 aromatic heterocycles. The fraction of sp³-hybridized carbons (Fsp3) is 0.391. The van der Waals surface area contributed by atoms with Gasteiger partial charge in [0.2, 0.25) is 0 Å². The summed E-state index contributed by atoms with van der Waals surface area (Å²) in [6.07, 6.45) is 4.14. The number of hydrogen-bond acceptors (Lipinski definition) is 5. The maximum Gasteiger partial charge on any atom is 0.285 e. The summed E-state index contributed by atoms with van der Waals surface area (Å²) in [6.45, 7) is 2.36. The molecule has 1 aliphatic heterocycles. The van der Waals surface area contributed by atoms with Crippen molar-refractivity contribution in [1.82, 2.24) is 15.3 Å². The van der Waals surface area contributed by atoms with Crippen LogP contribution in [0.5, 0.6) is 11.5 Å². The van der Waals surface area contributed by atoms with E-state index in [2.05, 4.69) is 15.3 Å². The van der Waals surface area contributed by atoms with Crippen LogP contribution in [-0.2, 0) is 0 Å². The molecule has 3 heterocycles. The smallest absolute Gasteiger partial charge is 0.285 e. The number of pyridine rings is 2. The second-order valence-corrected chi connectivity index (χ2v) is 8.23. The predicted molar refractivity (Wildman–Crippen MR) is 112 cm³/mol. The molecule has 156 valence electrons. The Morgan fingerprint density at radius 3 is 2.73 bits per heavy atom. The molecule has 0 amide bonds. The topological polar surface area (TPSA) is 87.2 Å². The van der Waals surface area contributed by atoms with Crippen LogP contribution in [0.1, 0.15) is 37.2 Å². The molecule has 3 N–H and O–H groups in total. The summed E-state index contributed by atoms with van der Waals surface area (Å²) in [5.74, 6) is 0.588. The maximum absolute atomic E-state index is 14.1. The zero-order chi connectivity index (χ0) is 20.7. The number of phenolic OH excluding ortho intramolecular Hbond substituents is 1. The highest BCUT2D eigenvalue weighted by atomic mass is 19.1. The van der Waals surface area contributed by atoms with Crippen molar-refractivity contribution in [3.63, 3.8) is 0 Å². The van der Waals surface area contributed by atoms with Gasteiger partial charge in [-0.2, -0.15) is 0 Å². The van der Waals surface area contributed by atoms with Crippen molar-refractivity contribution in [2.24, 2.45) is 5.92 Å². The van der Waals surface area contributed by atoms with Gasteiger partial charge in [0.15, 0.2) is 5.82 Å². The van der Waals surface area contributed by atoms with E-state index >= 15 is 0 Å². The van der Waals surface area contributed by atoms with Crippen molar-refractivity contribution in [3.8, 4) is 22.8 Å². The summed E-state index contributed by atoms with van der Waals surface area (Å²) >= 11 is 0. The number of nitrogens with zero attached hydrogens (tertiary/aromatic N) is 1. The van der Waals surface area contributed by atoms with Gasteiger partial charge in [-0.3, -0.25) is 4.79 Å². The van der Waals surface area contributed by atoms with Gasteiger partial charge in [0.05, 0.1) is 17.9 Å². The van der Waals surface area contributed by atoms with Crippen LogP contribution in [-0.4, -0.2) is 34.8 Å². The Labute approximate surface area is 173 Å². The monoisotopic (exact) mass is 409 g/mol. The lowest BCUT2D eigenvalue weighted by Crippen LogP contribution is -2.27. The molecule has 1 saturated heterocycles. The predicted octanol–water partition coefficient (Wildman–Crippen LogP) is 3.69. The highest BCUT2D eigenvalue weighted by molar-refractivity contribution is 5.85. The molecule has 5 rings (SSSR count). The fourth-order valence-electron chi connectivity index (χ4n) is 4.17. The Morgan fingerprint density at radius 2 is 1.97 bits per heavy atom. The Hall–Kier alpha value is -2.93. The van der Waals surface area contributed by atoms with E-state index in [1.807, 2.05) is 12.1 Å². The number of nitrogens with one attached hydrogen (secondary N) is 2. The zero-order valence-corrected chi connectivity index (χ0v) is 16.6. The molecule has 0 unspecified atom stereocenters. The van der Waals surface area contributed by atoms with Crippen molar-refractivity contribution in [1.29, 1.82) is 0 Å². The van der Waals surface area contributed by atoms with Gasteiger partial charge in [-0.1, -0.05) is 6.07 Å².